The fourth-order valence-electron chi connectivity index (χ4n) is 1.75. The number of Topliss-reactive ketones (excluding diaryl/α,β-unsaturated/α-hetero) is 1. The number of nitrogens with zero attached hydrogens (tertiary/aromatic N) is 1. The van der Waals surface area contributed by atoms with E-state index in [0.717, 1.165) is 4.90 Å². The molecular formula is C12H19NO5. The molecule has 1 aliphatic rings. The molecule has 18 heavy (non-hydrogen) atoms. The zero-order valence-corrected chi connectivity index (χ0v) is 11.1. The van der Waals surface area contributed by atoms with Gasteiger partial charge in [0.25, 0.3) is 0 Å². The number of carbonyl (C=O) groups is 3. The Morgan fingerprint density at radius 1 is 1.39 bits per heavy atom. The van der Waals surface area contributed by atoms with Crippen LogP contribution in [0.15, 0.2) is 0 Å². The summed E-state index contributed by atoms with van der Waals surface area (Å²) in [5.41, 5.74) is -2.10. The smallest absolute Gasteiger partial charge is 0.411 e. The first kappa shape index (κ1) is 14.5. The predicted molar refractivity (Wildman–Crippen MR) is 63.2 cm³/mol. The Kier molecular flexibility index (Phi) is 3.69. The number of hydrogen-bond donors (Lipinski definition) is 1. The summed E-state index contributed by atoms with van der Waals surface area (Å²) < 4.78 is 5.14. The van der Waals surface area contributed by atoms with Gasteiger partial charge >= 0.3 is 12.1 Å². The lowest BCUT2D eigenvalue weighted by atomic mass is 9.88. The number of ether oxygens (including phenoxy) is 1. The van der Waals surface area contributed by atoms with Crippen molar-refractivity contribution in [1.29, 1.82) is 0 Å². The minimum Gasteiger partial charge on any atom is -0.480 e. The predicted octanol–water partition coefficient (Wildman–Crippen LogP) is 1.43. The molecule has 0 radical (unpaired) electrons. The van der Waals surface area contributed by atoms with E-state index in [-0.39, 0.29) is 25.2 Å². The third-order valence-electron chi connectivity index (χ3n) is 2.90. The van der Waals surface area contributed by atoms with Gasteiger partial charge < -0.3 is 9.84 Å². The first-order chi connectivity index (χ1) is 8.06. The van der Waals surface area contributed by atoms with Crippen LogP contribution >= 0.6 is 0 Å². The van der Waals surface area contributed by atoms with Gasteiger partial charge in [0.05, 0.1) is 6.54 Å². The number of aliphatic carboxylic acids is 1. The lowest BCUT2D eigenvalue weighted by molar-refractivity contribution is -0.154. The molecule has 0 aromatic rings. The second kappa shape index (κ2) is 4.59. The van der Waals surface area contributed by atoms with Gasteiger partial charge in [-0.25, -0.2) is 9.59 Å². The van der Waals surface area contributed by atoms with Crippen molar-refractivity contribution in [3.63, 3.8) is 0 Å². The van der Waals surface area contributed by atoms with E-state index in [1.54, 1.807) is 20.8 Å². The summed E-state index contributed by atoms with van der Waals surface area (Å²) in [5, 5.41) is 9.24. The molecule has 1 aliphatic heterocycles. The lowest BCUT2D eigenvalue weighted by Gasteiger charge is -2.41. The second-order valence-electron chi connectivity index (χ2n) is 5.68. The highest BCUT2D eigenvalue weighted by atomic mass is 16.6. The highest BCUT2D eigenvalue weighted by Gasteiger charge is 2.47. The summed E-state index contributed by atoms with van der Waals surface area (Å²) in [7, 11) is 0. The Morgan fingerprint density at radius 2 is 1.94 bits per heavy atom. The summed E-state index contributed by atoms with van der Waals surface area (Å²) in [6.07, 6.45) is -0.483. The Balaban J connectivity index is 2.96. The van der Waals surface area contributed by atoms with Gasteiger partial charge in [0.1, 0.15) is 11.1 Å². The molecule has 1 heterocycles. The van der Waals surface area contributed by atoms with Crippen LogP contribution in [0.5, 0.6) is 0 Å². The molecule has 0 spiro atoms. The van der Waals surface area contributed by atoms with Gasteiger partial charge in [-0.2, -0.15) is 0 Å². The molecule has 1 N–H and O–H groups in total. The molecule has 102 valence electrons. The monoisotopic (exact) mass is 257 g/mol. The SMILES string of the molecule is CC(C)(C)OC(=O)N1CC(=O)CC[C@@]1(C)C(=O)O. The van der Waals surface area contributed by atoms with Crippen LogP contribution in [0.1, 0.15) is 40.5 Å². The largest absolute Gasteiger partial charge is 0.480 e. The number of carbonyl (C=O) groups excluding carboxylic acids is 2. The van der Waals surface area contributed by atoms with E-state index in [1.165, 1.54) is 6.92 Å². The van der Waals surface area contributed by atoms with Crippen molar-refractivity contribution < 1.29 is 24.2 Å². The maximum Gasteiger partial charge on any atom is 0.411 e. The van der Waals surface area contributed by atoms with Crippen molar-refractivity contribution in [3.05, 3.63) is 0 Å². The van der Waals surface area contributed by atoms with E-state index in [1.807, 2.05) is 0 Å². The van der Waals surface area contributed by atoms with Crippen LogP contribution in [0, 0.1) is 0 Å². The van der Waals surface area contributed by atoms with Crippen molar-refractivity contribution in [3.8, 4) is 0 Å². The summed E-state index contributed by atoms with van der Waals surface area (Å²) in [6, 6.07) is 0. The number of rotatable bonds is 1. The van der Waals surface area contributed by atoms with Gasteiger partial charge in [0.2, 0.25) is 0 Å². The van der Waals surface area contributed by atoms with Crippen LogP contribution in [0.4, 0.5) is 4.79 Å². The number of piperidine rings is 1. The zero-order valence-electron chi connectivity index (χ0n) is 11.1. The molecule has 1 rings (SSSR count). The molecule has 0 bridgehead atoms. The standard InChI is InChI=1S/C12H19NO5/c1-11(2,3)18-10(17)13-7-8(14)5-6-12(13,4)9(15)16/h5-7H2,1-4H3,(H,15,16)/t12-/m0/s1. The van der Waals surface area contributed by atoms with Gasteiger partial charge in [0, 0.05) is 6.42 Å². The average molecular weight is 257 g/mol. The first-order valence-electron chi connectivity index (χ1n) is 5.82. The first-order valence-corrected chi connectivity index (χ1v) is 5.82. The van der Waals surface area contributed by atoms with Crippen LogP contribution < -0.4 is 0 Å². The van der Waals surface area contributed by atoms with Gasteiger partial charge in [-0.15, -0.1) is 0 Å². The Labute approximate surface area is 106 Å². The molecular weight excluding hydrogens is 238 g/mol. The maximum atomic E-state index is 12.0. The summed E-state index contributed by atoms with van der Waals surface area (Å²) in [5.74, 6) is -1.28. The molecule has 1 amide bonds. The fourth-order valence-corrected chi connectivity index (χ4v) is 1.75. The fraction of sp³-hybridized carbons (Fsp3) is 0.750. The second-order valence-corrected chi connectivity index (χ2v) is 5.68. The van der Waals surface area contributed by atoms with Crippen LogP contribution in [0.3, 0.4) is 0 Å². The molecule has 0 saturated carbocycles. The molecule has 1 saturated heterocycles. The number of carboxylic acids is 1. The topological polar surface area (TPSA) is 83.9 Å². The van der Waals surface area contributed by atoms with E-state index in [9.17, 15) is 19.5 Å². The highest BCUT2D eigenvalue weighted by Crippen LogP contribution is 2.28. The molecule has 0 aromatic carbocycles. The Hall–Kier alpha value is -1.59. The molecule has 0 aliphatic carbocycles. The average Bonchev–Trinajstić information content (AvgIpc) is 2.18. The van der Waals surface area contributed by atoms with Gasteiger partial charge in [-0.3, -0.25) is 9.69 Å². The lowest BCUT2D eigenvalue weighted by Crippen LogP contribution is -2.60. The molecule has 0 aromatic heterocycles. The van der Waals surface area contributed by atoms with Crippen LogP contribution in [0.2, 0.25) is 0 Å². The normalized spacial score (nSPS) is 24.9. The zero-order chi connectivity index (χ0) is 14.1. The van der Waals surface area contributed by atoms with Crippen LogP contribution in [-0.2, 0) is 14.3 Å². The molecule has 6 nitrogen and oxygen atoms in total. The third kappa shape index (κ3) is 3.00. The number of hydrogen-bond acceptors (Lipinski definition) is 4. The minimum absolute atomic E-state index is 0.112. The van der Waals surface area contributed by atoms with E-state index < -0.39 is 23.2 Å². The van der Waals surface area contributed by atoms with Crippen LogP contribution in [-0.4, -0.2) is 45.5 Å². The molecule has 0 unspecified atom stereocenters. The highest BCUT2D eigenvalue weighted by molar-refractivity contribution is 5.92. The molecule has 1 fully saturated rings. The quantitative estimate of drug-likeness (QED) is 0.768. The van der Waals surface area contributed by atoms with E-state index in [2.05, 4.69) is 0 Å². The van der Waals surface area contributed by atoms with Crippen molar-refractivity contribution in [2.24, 2.45) is 0 Å². The van der Waals surface area contributed by atoms with Gasteiger partial charge in [-0.1, -0.05) is 0 Å². The molecule has 1 atom stereocenters. The van der Waals surface area contributed by atoms with Gasteiger partial charge in [0.15, 0.2) is 5.78 Å². The number of amides is 1. The summed E-state index contributed by atoms with van der Waals surface area (Å²) in [6.45, 7) is 6.29. The van der Waals surface area contributed by atoms with Crippen molar-refractivity contribution in [2.75, 3.05) is 6.54 Å². The van der Waals surface area contributed by atoms with E-state index in [0.29, 0.717) is 0 Å². The van der Waals surface area contributed by atoms with Crippen molar-refractivity contribution in [1.82, 2.24) is 4.90 Å². The Bertz CT molecular complexity index is 384. The Morgan fingerprint density at radius 3 is 2.39 bits per heavy atom. The van der Waals surface area contributed by atoms with E-state index in [4.69, 9.17) is 4.74 Å². The minimum atomic E-state index is -1.38. The van der Waals surface area contributed by atoms with Crippen molar-refractivity contribution >= 4 is 17.8 Å². The van der Waals surface area contributed by atoms with E-state index >= 15 is 0 Å². The number of likely N-dealkylation sites (tertiary alicyclic amines) is 1. The molecule has 6 heteroatoms. The van der Waals surface area contributed by atoms with Crippen LogP contribution in [0.25, 0.3) is 0 Å². The summed E-state index contributed by atoms with van der Waals surface area (Å²) in [4.78, 5) is 35.7. The maximum absolute atomic E-state index is 12.0. The summed E-state index contributed by atoms with van der Waals surface area (Å²) >= 11 is 0. The third-order valence-corrected chi connectivity index (χ3v) is 2.90. The number of carboxylic acid groups (broad SMARTS) is 1. The van der Waals surface area contributed by atoms with Crippen molar-refractivity contribution in [2.45, 2.75) is 51.7 Å². The number of ketones is 1. The van der Waals surface area contributed by atoms with Gasteiger partial charge in [-0.05, 0) is 34.1 Å².